The molecule has 0 saturated heterocycles. The van der Waals surface area contributed by atoms with E-state index in [2.05, 4.69) is 113 Å². The molecule has 0 unspecified atom stereocenters. The highest BCUT2D eigenvalue weighted by atomic mass is 32.1. The summed E-state index contributed by atoms with van der Waals surface area (Å²) in [5.41, 5.74) is 13.8. The number of hydrogen-bond donors (Lipinski definition) is 0. The van der Waals surface area contributed by atoms with Crippen molar-refractivity contribution in [2.75, 3.05) is 0 Å². The topological polar surface area (TPSA) is 9.86 Å². The molecular formula is C35H19BN2S2. The van der Waals surface area contributed by atoms with E-state index in [1.54, 1.807) is 0 Å². The summed E-state index contributed by atoms with van der Waals surface area (Å²) in [6.07, 6.45) is 0. The summed E-state index contributed by atoms with van der Waals surface area (Å²) in [4.78, 5) is 0. The van der Waals surface area contributed by atoms with E-state index in [4.69, 9.17) is 0 Å². The molecule has 0 spiro atoms. The molecule has 0 aliphatic carbocycles. The highest BCUT2D eigenvalue weighted by molar-refractivity contribution is 7.27. The molecule has 2 aliphatic heterocycles. The minimum atomic E-state index is 0.212. The van der Waals surface area contributed by atoms with Gasteiger partial charge in [-0.2, -0.15) is 0 Å². The van der Waals surface area contributed by atoms with Crippen LogP contribution in [0.15, 0.2) is 97.1 Å². The molecule has 9 aromatic rings. The molecule has 6 heterocycles. The van der Waals surface area contributed by atoms with E-state index in [9.17, 15) is 0 Å². The fourth-order valence-electron chi connectivity index (χ4n) is 7.94. The lowest BCUT2D eigenvalue weighted by Gasteiger charge is -2.34. The molecule has 2 aliphatic rings. The van der Waals surface area contributed by atoms with Crippen LogP contribution >= 0.6 is 22.7 Å². The van der Waals surface area contributed by atoms with Crippen LogP contribution in [-0.4, -0.2) is 15.8 Å². The Morgan fingerprint density at radius 3 is 1.52 bits per heavy atom. The molecule has 11 rings (SSSR count). The van der Waals surface area contributed by atoms with Crippen molar-refractivity contribution in [2.24, 2.45) is 0 Å². The molecule has 0 saturated carbocycles. The molecule has 0 N–H and O–H groups in total. The first kappa shape index (κ1) is 20.6. The summed E-state index contributed by atoms with van der Waals surface area (Å²) in [7, 11) is 0. The first-order chi connectivity index (χ1) is 19.8. The summed E-state index contributed by atoms with van der Waals surface area (Å²) in [6, 6.07) is 36.7. The quantitative estimate of drug-likeness (QED) is 0.173. The van der Waals surface area contributed by atoms with E-state index >= 15 is 0 Å². The van der Waals surface area contributed by atoms with Crippen molar-refractivity contribution in [2.45, 2.75) is 6.92 Å². The monoisotopic (exact) mass is 542 g/mol. The van der Waals surface area contributed by atoms with Crippen LogP contribution < -0.4 is 16.4 Å². The van der Waals surface area contributed by atoms with Gasteiger partial charge in [-0.3, -0.25) is 0 Å². The fraction of sp³-hybridized carbons (Fsp3) is 0.0286. The minimum Gasteiger partial charge on any atom is -0.309 e. The molecule has 0 fully saturated rings. The van der Waals surface area contributed by atoms with Crippen LogP contribution in [0.25, 0.3) is 73.8 Å². The Morgan fingerprint density at radius 2 is 1.00 bits per heavy atom. The van der Waals surface area contributed by atoms with E-state index in [0.29, 0.717) is 0 Å². The Bertz CT molecular complexity index is 2450. The van der Waals surface area contributed by atoms with Crippen LogP contribution in [0.1, 0.15) is 5.56 Å². The third kappa shape index (κ3) is 2.14. The number of benzene rings is 5. The van der Waals surface area contributed by atoms with Gasteiger partial charge in [0.1, 0.15) is 0 Å². The van der Waals surface area contributed by atoms with Crippen molar-refractivity contribution in [3.63, 3.8) is 0 Å². The SMILES string of the molecule is Cc1cc2c3c(c1)-n1c4c(cccc4c4sc5ccccc5c41)B3c1cccc3c4sc5ccccc5c4n-2c13. The average molecular weight is 542 g/mol. The molecule has 2 nitrogen and oxygen atoms in total. The lowest BCUT2D eigenvalue weighted by atomic mass is 9.34. The van der Waals surface area contributed by atoms with Gasteiger partial charge in [-0.1, -0.05) is 72.8 Å². The molecule has 0 atom stereocenters. The van der Waals surface area contributed by atoms with Gasteiger partial charge in [-0.25, -0.2) is 0 Å². The number of aryl methyl sites for hydroxylation is 1. The fourth-order valence-corrected chi connectivity index (χ4v) is 10.4. The zero-order valence-electron chi connectivity index (χ0n) is 21.5. The summed E-state index contributed by atoms with van der Waals surface area (Å²) >= 11 is 3.87. The largest absolute Gasteiger partial charge is 0.309 e. The number of para-hydroxylation sites is 2. The number of aromatic nitrogens is 2. The third-order valence-electron chi connectivity index (χ3n) is 9.33. The van der Waals surface area contributed by atoms with Gasteiger partial charge in [0.2, 0.25) is 0 Å². The lowest BCUT2D eigenvalue weighted by molar-refractivity contribution is 1.14. The van der Waals surface area contributed by atoms with Gasteiger partial charge < -0.3 is 9.13 Å². The Labute approximate surface area is 237 Å². The second-order valence-electron chi connectivity index (χ2n) is 11.4. The maximum Gasteiger partial charge on any atom is 0.252 e. The van der Waals surface area contributed by atoms with Crippen LogP contribution in [0, 0.1) is 6.92 Å². The van der Waals surface area contributed by atoms with E-state index in [-0.39, 0.29) is 6.71 Å². The van der Waals surface area contributed by atoms with Crippen molar-refractivity contribution >= 4 is 108 Å². The van der Waals surface area contributed by atoms with Gasteiger partial charge in [-0.15, -0.1) is 22.7 Å². The van der Waals surface area contributed by atoms with Crippen LogP contribution in [0.3, 0.4) is 0 Å². The molecule has 0 amide bonds. The minimum absolute atomic E-state index is 0.212. The van der Waals surface area contributed by atoms with E-state index in [1.807, 2.05) is 22.7 Å². The van der Waals surface area contributed by atoms with E-state index in [1.165, 1.54) is 95.7 Å². The zero-order valence-corrected chi connectivity index (χ0v) is 23.2. The van der Waals surface area contributed by atoms with Gasteiger partial charge in [0.05, 0.1) is 31.5 Å². The molecular weight excluding hydrogens is 523 g/mol. The Hall–Kier alpha value is -4.32. The second-order valence-corrected chi connectivity index (χ2v) is 13.5. The summed E-state index contributed by atoms with van der Waals surface area (Å²) in [6.45, 7) is 2.48. The van der Waals surface area contributed by atoms with Crippen molar-refractivity contribution in [1.29, 1.82) is 0 Å². The maximum atomic E-state index is 2.61. The molecule has 5 aromatic carbocycles. The first-order valence-corrected chi connectivity index (χ1v) is 15.5. The van der Waals surface area contributed by atoms with Crippen LogP contribution in [-0.2, 0) is 0 Å². The van der Waals surface area contributed by atoms with Crippen molar-refractivity contribution in [1.82, 2.24) is 9.13 Å². The molecule has 0 bridgehead atoms. The van der Waals surface area contributed by atoms with Gasteiger partial charge >= 0.3 is 0 Å². The number of fused-ring (bicyclic) bond motifs is 14. The third-order valence-corrected chi connectivity index (χ3v) is 11.7. The van der Waals surface area contributed by atoms with Gasteiger partial charge in [0.15, 0.2) is 0 Å². The molecule has 5 heteroatoms. The van der Waals surface area contributed by atoms with Gasteiger partial charge in [0, 0.05) is 42.3 Å². The summed E-state index contributed by atoms with van der Waals surface area (Å²) < 4.78 is 10.7. The zero-order chi connectivity index (χ0) is 25.9. The first-order valence-electron chi connectivity index (χ1n) is 13.8. The second kappa shape index (κ2) is 6.69. The molecule has 184 valence electrons. The molecule has 40 heavy (non-hydrogen) atoms. The maximum absolute atomic E-state index is 2.61. The summed E-state index contributed by atoms with van der Waals surface area (Å²) in [5.74, 6) is 0. The highest BCUT2D eigenvalue weighted by Crippen LogP contribution is 2.46. The molecule has 0 radical (unpaired) electrons. The number of rotatable bonds is 0. The number of nitrogens with zero attached hydrogens (tertiary/aromatic N) is 2. The average Bonchev–Trinajstić information content (AvgIpc) is 3.71. The standard InChI is InChI=1S/C35H19BN2S2/c1-18-16-25-29-26(17-18)38-31-22(35-33(38)20-9-3-5-15-28(20)40-35)11-7-13-24(31)36(29)23-12-6-10-21-30(23)37(25)32-19-8-2-4-14-27(19)39-34(21)32/h2-17H,1H3. The van der Waals surface area contributed by atoms with Crippen molar-refractivity contribution < 1.29 is 0 Å². The van der Waals surface area contributed by atoms with E-state index in [0.717, 1.165) is 0 Å². The predicted octanol–water partition coefficient (Wildman–Crippen LogP) is 7.76. The van der Waals surface area contributed by atoms with Crippen molar-refractivity contribution in [3.05, 3.63) is 103 Å². The molecule has 4 aromatic heterocycles. The Kier molecular flexibility index (Phi) is 3.44. The Balaban J connectivity index is 1.42. The van der Waals surface area contributed by atoms with Gasteiger partial charge in [-0.05, 0) is 53.1 Å². The lowest BCUT2D eigenvalue weighted by Crippen LogP contribution is -2.59. The Morgan fingerprint density at radius 1 is 0.525 bits per heavy atom. The number of hydrogen-bond acceptors (Lipinski definition) is 2. The van der Waals surface area contributed by atoms with Crippen molar-refractivity contribution in [3.8, 4) is 11.4 Å². The van der Waals surface area contributed by atoms with Crippen LogP contribution in [0.5, 0.6) is 0 Å². The normalized spacial score (nSPS) is 13.6. The van der Waals surface area contributed by atoms with Crippen LogP contribution in [0.2, 0.25) is 0 Å². The smallest absolute Gasteiger partial charge is 0.252 e. The van der Waals surface area contributed by atoms with Gasteiger partial charge in [0.25, 0.3) is 6.71 Å². The predicted molar refractivity (Wildman–Crippen MR) is 175 cm³/mol. The highest BCUT2D eigenvalue weighted by Gasteiger charge is 2.41. The van der Waals surface area contributed by atoms with E-state index < -0.39 is 0 Å². The number of thiophene rings is 2. The summed E-state index contributed by atoms with van der Waals surface area (Å²) in [5, 5.41) is 5.46. The van der Waals surface area contributed by atoms with Crippen LogP contribution in [0.4, 0.5) is 0 Å².